The Morgan fingerprint density at radius 1 is 1.05 bits per heavy atom. The molecule has 0 spiro atoms. The summed E-state index contributed by atoms with van der Waals surface area (Å²) in [4.78, 5) is 7.74. The quantitative estimate of drug-likeness (QED) is 0.738. The van der Waals surface area contributed by atoms with Crippen molar-refractivity contribution in [3.63, 3.8) is 0 Å². The first-order chi connectivity index (χ1) is 9.92. The van der Waals surface area contributed by atoms with Crippen LogP contribution in [0.15, 0.2) is 18.3 Å². The molecule has 0 atom stereocenters. The number of nitrogen functional groups attached to an aromatic ring is 3. The molecule has 8 heteroatoms. The smallest absolute Gasteiger partial charge is 0.222 e. The number of benzene rings is 1. The largest absolute Gasteiger partial charge is 0.495 e. The van der Waals surface area contributed by atoms with E-state index in [0.29, 0.717) is 22.9 Å². The topological polar surface area (TPSA) is 122 Å². The van der Waals surface area contributed by atoms with Gasteiger partial charge in [0.1, 0.15) is 11.5 Å². The maximum absolute atomic E-state index is 5.93. The summed E-state index contributed by atoms with van der Waals surface area (Å²) in [5.74, 6) is 2.00. The van der Waals surface area contributed by atoms with Crippen LogP contribution < -0.4 is 26.7 Å². The Bertz CT molecular complexity index is 664. The van der Waals surface area contributed by atoms with E-state index in [2.05, 4.69) is 9.97 Å². The minimum absolute atomic E-state index is 0. The molecule has 120 valence electrons. The zero-order valence-corrected chi connectivity index (χ0v) is 13.5. The van der Waals surface area contributed by atoms with Crippen molar-refractivity contribution < 1.29 is 9.47 Å². The van der Waals surface area contributed by atoms with Crippen molar-refractivity contribution in [3.8, 4) is 17.2 Å². The third kappa shape index (κ3) is 3.62. The van der Waals surface area contributed by atoms with Gasteiger partial charge in [0.25, 0.3) is 0 Å². The Kier molecular flexibility index (Phi) is 5.64. The molecule has 0 aliphatic heterocycles. The summed E-state index contributed by atoms with van der Waals surface area (Å²) in [6.07, 6.45) is 1.43. The van der Waals surface area contributed by atoms with E-state index in [1.54, 1.807) is 13.2 Å². The minimum Gasteiger partial charge on any atom is -0.495 e. The third-order valence-electron chi connectivity index (χ3n) is 3.01. The van der Waals surface area contributed by atoms with Gasteiger partial charge in [-0.25, -0.2) is 4.98 Å². The zero-order valence-electron chi connectivity index (χ0n) is 12.7. The summed E-state index contributed by atoms with van der Waals surface area (Å²) >= 11 is 0. The molecule has 0 amide bonds. The maximum atomic E-state index is 5.93. The highest BCUT2D eigenvalue weighted by atomic mass is 35.5. The van der Waals surface area contributed by atoms with Gasteiger partial charge in [0, 0.05) is 11.6 Å². The van der Waals surface area contributed by atoms with Crippen LogP contribution in [-0.4, -0.2) is 17.1 Å². The summed E-state index contributed by atoms with van der Waals surface area (Å²) in [6.45, 7) is 4.08. The van der Waals surface area contributed by atoms with Crippen LogP contribution in [-0.2, 0) is 0 Å². The van der Waals surface area contributed by atoms with E-state index in [0.717, 1.165) is 5.56 Å². The highest BCUT2D eigenvalue weighted by Gasteiger charge is 2.15. The Labute approximate surface area is 135 Å². The second-order valence-electron chi connectivity index (χ2n) is 4.87. The molecule has 0 saturated heterocycles. The monoisotopic (exact) mass is 325 g/mol. The first-order valence-corrected chi connectivity index (χ1v) is 6.45. The van der Waals surface area contributed by atoms with Gasteiger partial charge in [0.2, 0.25) is 5.95 Å². The van der Waals surface area contributed by atoms with Crippen molar-refractivity contribution in [1.82, 2.24) is 9.97 Å². The normalized spacial score (nSPS) is 10.2. The predicted octanol–water partition coefficient (Wildman–Crippen LogP) is 2.57. The third-order valence-corrected chi connectivity index (χ3v) is 3.01. The van der Waals surface area contributed by atoms with Crippen LogP contribution >= 0.6 is 12.4 Å². The zero-order chi connectivity index (χ0) is 15.6. The molecule has 6 N–H and O–H groups in total. The first-order valence-electron chi connectivity index (χ1n) is 6.45. The Morgan fingerprint density at radius 3 is 2.27 bits per heavy atom. The molecule has 22 heavy (non-hydrogen) atoms. The fourth-order valence-electron chi connectivity index (χ4n) is 1.90. The number of hydrogen-bond acceptors (Lipinski definition) is 7. The molecule has 0 bridgehead atoms. The molecular formula is C14H20ClN5O2. The van der Waals surface area contributed by atoms with E-state index < -0.39 is 0 Å². The number of rotatable bonds is 4. The molecule has 0 fully saturated rings. The Morgan fingerprint density at radius 2 is 1.73 bits per heavy atom. The Hall–Kier alpha value is -2.41. The van der Waals surface area contributed by atoms with Crippen LogP contribution in [0.1, 0.15) is 25.3 Å². The van der Waals surface area contributed by atoms with E-state index in [4.69, 9.17) is 26.7 Å². The van der Waals surface area contributed by atoms with Gasteiger partial charge in [0.15, 0.2) is 11.6 Å². The lowest BCUT2D eigenvalue weighted by molar-refractivity contribution is 0.413. The van der Waals surface area contributed by atoms with Crippen LogP contribution in [0.25, 0.3) is 0 Å². The van der Waals surface area contributed by atoms with Crippen molar-refractivity contribution in [2.45, 2.75) is 19.8 Å². The van der Waals surface area contributed by atoms with Gasteiger partial charge in [-0.2, -0.15) is 4.98 Å². The first kappa shape index (κ1) is 17.6. The second-order valence-corrected chi connectivity index (χ2v) is 4.87. The summed E-state index contributed by atoms with van der Waals surface area (Å²) in [6, 6.07) is 3.55. The van der Waals surface area contributed by atoms with Crippen molar-refractivity contribution in [1.29, 1.82) is 0 Å². The van der Waals surface area contributed by atoms with Gasteiger partial charge in [-0.05, 0) is 12.0 Å². The second kappa shape index (κ2) is 7.04. The van der Waals surface area contributed by atoms with Gasteiger partial charge in [-0.1, -0.05) is 13.8 Å². The van der Waals surface area contributed by atoms with Gasteiger partial charge in [-0.15, -0.1) is 12.4 Å². The fourth-order valence-corrected chi connectivity index (χ4v) is 1.90. The number of nitrogens with zero attached hydrogens (tertiary/aromatic N) is 2. The predicted molar refractivity (Wildman–Crippen MR) is 89.7 cm³/mol. The van der Waals surface area contributed by atoms with E-state index in [1.807, 2.05) is 19.9 Å². The molecule has 2 rings (SSSR count). The number of halogens is 1. The molecule has 1 aromatic heterocycles. The molecule has 0 saturated carbocycles. The number of anilines is 3. The summed E-state index contributed by atoms with van der Waals surface area (Å²) in [7, 11) is 1.57. The van der Waals surface area contributed by atoms with Crippen molar-refractivity contribution >= 4 is 29.9 Å². The average Bonchev–Trinajstić information content (AvgIpc) is 2.41. The van der Waals surface area contributed by atoms with Crippen molar-refractivity contribution in [2.24, 2.45) is 0 Å². The van der Waals surface area contributed by atoms with E-state index in [-0.39, 0.29) is 30.1 Å². The molecule has 1 heterocycles. The SMILES string of the molecule is COc1cc(C(C)C)c(Oc2cnc(N)nc2N)cc1N.Cl. The van der Waals surface area contributed by atoms with Crippen molar-refractivity contribution in [3.05, 3.63) is 23.9 Å². The van der Waals surface area contributed by atoms with Gasteiger partial charge in [-0.3, -0.25) is 0 Å². The van der Waals surface area contributed by atoms with Crippen LogP contribution in [0.5, 0.6) is 17.2 Å². The summed E-state index contributed by atoms with van der Waals surface area (Å²) in [5.41, 5.74) is 18.6. The van der Waals surface area contributed by atoms with Crippen LogP contribution in [0, 0.1) is 0 Å². The maximum Gasteiger partial charge on any atom is 0.222 e. The molecule has 0 aliphatic rings. The van der Waals surface area contributed by atoms with Crippen molar-refractivity contribution in [2.75, 3.05) is 24.3 Å². The summed E-state index contributed by atoms with van der Waals surface area (Å²) in [5, 5.41) is 0. The van der Waals surface area contributed by atoms with Gasteiger partial charge in [0.05, 0.1) is 19.0 Å². The van der Waals surface area contributed by atoms with Gasteiger partial charge >= 0.3 is 0 Å². The molecule has 0 radical (unpaired) electrons. The molecular weight excluding hydrogens is 306 g/mol. The number of hydrogen-bond donors (Lipinski definition) is 3. The highest BCUT2D eigenvalue weighted by Crippen LogP contribution is 2.38. The Balaban J connectivity index is 0.00000242. The van der Waals surface area contributed by atoms with Gasteiger partial charge < -0.3 is 26.7 Å². The average molecular weight is 326 g/mol. The lowest BCUT2D eigenvalue weighted by atomic mass is 10.0. The molecule has 2 aromatic rings. The molecule has 0 unspecified atom stereocenters. The number of nitrogens with two attached hydrogens (primary N) is 3. The number of aromatic nitrogens is 2. The van der Waals surface area contributed by atoms with Crippen LogP contribution in [0.3, 0.4) is 0 Å². The molecule has 0 aliphatic carbocycles. The lowest BCUT2D eigenvalue weighted by Crippen LogP contribution is -2.03. The fraction of sp³-hybridized carbons (Fsp3) is 0.286. The highest BCUT2D eigenvalue weighted by molar-refractivity contribution is 5.85. The van der Waals surface area contributed by atoms with Crippen LogP contribution in [0.4, 0.5) is 17.5 Å². The standard InChI is InChI=1S/C14H19N5O2.ClH/c1-7(2)8-4-11(20-3)9(15)5-10(8)21-12-6-18-14(17)19-13(12)16;/h4-7H,15H2,1-3H3,(H4,16,17,18,19);1H. The molecule has 1 aromatic carbocycles. The number of ether oxygens (including phenoxy) is 2. The minimum atomic E-state index is 0. The summed E-state index contributed by atoms with van der Waals surface area (Å²) < 4.78 is 11.0. The van der Waals surface area contributed by atoms with Crippen LogP contribution in [0.2, 0.25) is 0 Å². The molecule has 7 nitrogen and oxygen atoms in total. The van der Waals surface area contributed by atoms with E-state index in [9.17, 15) is 0 Å². The van der Waals surface area contributed by atoms with E-state index in [1.165, 1.54) is 6.20 Å². The van der Waals surface area contributed by atoms with E-state index >= 15 is 0 Å². The lowest BCUT2D eigenvalue weighted by Gasteiger charge is -2.17. The number of methoxy groups -OCH3 is 1.